The fraction of sp³-hybridized carbons (Fsp3) is 0.786. The quantitative estimate of drug-likeness (QED) is 0.732. The number of hydrogen-bond acceptors (Lipinski definition) is 1. The summed E-state index contributed by atoms with van der Waals surface area (Å²) in [5, 5.41) is 4.71. The topological polar surface area (TPSA) is 17.8 Å². The van der Waals surface area contributed by atoms with Crippen molar-refractivity contribution < 1.29 is 0 Å². The highest BCUT2D eigenvalue weighted by Crippen LogP contribution is 2.35. The van der Waals surface area contributed by atoms with E-state index >= 15 is 0 Å². The van der Waals surface area contributed by atoms with Crippen molar-refractivity contribution >= 4 is 11.6 Å². The Hall–Kier alpha value is -0.500. The van der Waals surface area contributed by atoms with Crippen molar-refractivity contribution in [3.05, 3.63) is 17.0 Å². The van der Waals surface area contributed by atoms with Gasteiger partial charge in [0.05, 0.1) is 17.6 Å². The molecular weight excluding hydrogens is 232 g/mol. The van der Waals surface area contributed by atoms with E-state index in [1.54, 1.807) is 0 Å². The van der Waals surface area contributed by atoms with Crippen LogP contribution in [-0.4, -0.2) is 9.78 Å². The van der Waals surface area contributed by atoms with Gasteiger partial charge in [-0.2, -0.15) is 5.10 Å². The van der Waals surface area contributed by atoms with Crippen LogP contribution in [0.15, 0.2) is 0 Å². The molecule has 2 unspecified atom stereocenters. The SMILES string of the molecule is CCC1CCCC(n2nc(C)c(CCl)c2C)C1. The molecule has 1 saturated carbocycles. The summed E-state index contributed by atoms with van der Waals surface area (Å²) in [7, 11) is 0. The summed E-state index contributed by atoms with van der Waals surface area (Å²) in [5.41, 5.74) is 3.61. The molecule has 96 valence electrons. The first kappa shape index (κ1) is 12.9. The number of rotatable bonds is 3. The maximum Gasteiger partial charge on any atom is 0.0640 e. The number of hydrogen-bond donors (Lipinski definition) is 0. The molecule has 0 aliphatic heterocycles. The van der Waals surface area contributed by atoms with Gasteiger partial charge in [-0.1, -0.05) is 26.2 Å². The first-order valence-corrected chi connectivity index (χ1v) is 7.31. The molecule has 2 rings (SSSR count). The smallest absolute Gasteiger partial charge is 0.0640 e. The van der Waals surface area contributed by atoms with Crippen molar-refractivity contribution in [3.63, 3.8) is 0 Å². The van der Waals surface area contributed by atoms with Gasteiger partial charge < -0.3 is 0 Å². The largest absolute Gasteiger partial charge is 0.266 e. The molecule has 17 heavy (non-hydrogen) atoms. The second-order valence-corrected chi connectivity index (χ2v) is 5.59. The van der Waals surface area contributed by atoms with Crippen LogP contribution in [0.1, 0.15) is 62.0 Å². The molecule has 0 saturated heterocycles. The molecule has 1 aromatic heterocycles. The minimum atomic E-state index is 0.585. The first-order valence-electron chi connectivity index (χ1n) is 6.77. The van der Waals surface area contributed by atoms with Crippen molar-refractivity contribution in [2.45, 2.75) is 64.8 Å². The van der Waals surface area contributed by atoms with Gasteiger partial charge in [0.2, 0.25) is 0 Å². The molecule has 0 amide bonds. The molecule has 0 aromatic carbocycles. The third-order valence-corrected chi connectivity index (χ3v) is 4.55. The summed E-state index contributed by atoms with van der Waals surface area (Å²) in [6.45, 7) is 6.53. The van der Waals surface area contributed by atoms with E-state index in [0.29, 0.717) is 11.9 Å². The van der Waals surface area contributed by atoms with Crippen LogP contribution in [0.2, 0.25) is 0 Å². The maximum absolute atomic E-state index is 5.99. The normalized spacial score (nSPS) is 25.2. The zero-order valence-electron chi connectivity index (χ0n) is 11.2. The van der Waals surface area contributed by atoms with Crippen LogP contribution in [0.3, 0.4) is 0 Å². The van der Waals surface area contributed by atoms with Crippen LogP contribution in [0, 0.1) is 19.8 Å². The second-order valence-electron chi connectivity index (χ2n) is 5.32. The minimum absolute atomic E-state index is 0.585. The Bertz CT molecular complexity index is 384. The van der Waals surface area contributed by atoms with E-state index in [1.807, 2.05) is 0 Å². The molecule has 0 spiro atoms. The summed E-state index contributed by atoms with van der Waals surface area (Å²) >= 11 is 5.99. The third-order valence-electron chi connectivity index (χ3n) is 4.29. The molecule has 0 bridgehead atoms. The van der Waals surface area contributed by atoms with Crippen molar-refractivity contribution in [3.8, 4) is 0 Å². The fourth-order valence-electron chi connectivity index (χ4n) is 3.10. The Labute approximate surface area is 109 Å². The molecule has 0 N–H and O–H groups in total. The van der Waals surface area contributed by atoms with Gasteiger partial charge >= 0.3 is 0 Å². The number of halogens is 1. The maximum atomic E-state index is 5.99. The third kappa shape index (κ3) is 2.52. The summed E-state index contributed by atoms with van der Waals surface area (Å²) in [6.07, 6.45) is 6.62. The Kier molecular flexibility index (Phi) is 4.13. The zero-order chi connectivity index (χ0) is 12.4. The molecule has 0 radical (unpaired) electrons. The number of nitrogens with zero attached hydrogens (tertiary/aromatic N) is 2. The van der Waals surface area contributed by atoms with Crippen LogP contribution >= 0.6 is 11.6 Å². The average molecular weight is 255 g/mol. The van der Waals surface area contributed by atoms with Crippen LogP contribution in [0.5, 0.6) is 0 Å². The molecule has 1 aromatic rings. The lowest BCUT2D eigenvalue weighted by molar-refractivity contribution is 0.244. The highest BCUT2D eigenvalue weighted by Gasteiger charge is 2.25. The van der Waals surface area contributed by atoms with Crippen LogP contribution in [0.4, 0.5) is 0 Å². The number of aryl methyl sites for hydroxylation is 1. The van der Waals surface area contributed by atoms with Gasteiger partial charge in [0.25, 0.3) is 0 Å². The van der Waals surface area contributed by atoms with E-state index in [4.69, 9.17) is 16.7 Å². The van der Waals surface area contributed by atoms with Gasteiger partial charge in [0.15, 0.2) is 0 Å². The van der Waals surface area contributed by atoms with E-state index in [1.165, 1.54) is 43.4 Å². The van der Waals surface area contributed by atoms with E-state index in [-0.39, 0.29) is 0 Å². The lowest BCUT2D eigenvalue weighted by atomic mass is 9.84. The van der Waals surface area contributed by atoms with Gasteiger partial charge in [-0.25, -0.2) is 0 Å². The minimum Gasteiger partial charge on any atom is -0.266 e. The highest BCUT2D eigenvalue weighted by atomic mass is 35.5. The first-order chi connectivity index (χ1) is 8.17. The molecular formula is C14H23ClN2. The molecule has 3 heteroatoms. The van der Waals surface area contributed by atoms with Crippen molar-refractivity contribution in [1.82, 2.24) is 9.78 Å². The lowest BCUT2D eigenvalue weighted by Gasteiger charge is -2.29. The molecule has 2 atom stereocenters. The van der Waals surface area contributed by atoms with Crippen molar-refractivity contribution in [2.24, 2.45) is 5.92 Å². The summed E-state index contributed by atoms with van der Waals surface area (Å²) in [6, 6.07) is 0.601. The van der Waals surface area contributed by atoms with Crippen LogP contribution in [0.25, 0.3) is 0 Å². The molecule has 1 fully saturated rings. The Morgan fingerprint density at radius 1 is 1.35 bits per heavy atom. The van der Waals surface area contributed by atoms with Gasteiger partial charge in [0, 0.05) is 11.3 Å². The van der Waals surface area contributed by atoms with E-state index in [2.05, 4.69) is 25.5 Å². The van der Waals surface area contributed by atoms with E-state index in [0.717, 1.165) is 11.6 Å². The standard InChI is InChI=1S/C14H23ClN2/c1-4-12-6-5-7-13(8-12)17-11(3)14(9-15)10(2)16-17/h12-13H,4-9H2,1-3H3. The Morgan fingerprint density at radius 2 is 2.12 bits per heavy atom. The predicted molar refractivity (Wildman–Crippen MR) is 72.5 cm³/mol. The average Bonchev–Trinajstić information content (AvgIpc) is 2.64. The van der Waals surface area contributed by atoms with Gasteiger partial charge in [-0.05, 0) is 32.6 Å². The van der Waals surface area contributed by atoms with E-state index in [9.17, 15) is 0 Å². The van der Waals surface area contributed by atoms with Gasteiger partial charge in [0.1, 0.15) is 0 Å². The van der Waals surface area contributed by atoms with Crippen LogP contribution in [-0.2, 0) is 5.88 Å². The Balaban J connectivity index is 2.22. The predicted octanol–water partition coefficient (Wildman–Crippen LogP) is 4.38. The molecule has 2 nitrogen and oxygen atoms in total. The van der Waals surface area contributed by atoms with Gasteiger partial charge in [-0.15, -0.1) is 11.6 Å². The van der Waals surface area contributed by atoms with Crippen molar-refractivity contribution in [1.29, 1.82) is 0 Å². The summed E-state index contributed by atoms with van der Waals surface area (Å²) < 4.78 is 2.24. The summed E-state index contributed by atoms with van der Waals surface area (Å²) in [5.74, 6) is 1.47. The molecule has 1 aliphatic rings. The Morgan fingerprint density at radius 3 is 2.71 bits per heavy atom. The lowest BCUT2D eigenvalue weighted by Crippen LogP contribution is -2.20. The highest BCUT2D eigenvalue weighted by molar-refractivity contribution is 6.17. The van der Waals surface area contributed by atoms with Gasteiger partial charge in [-0.3, -0.25) is 4.68 Å². The zero-order valence-corrected chi connectivity index (χ0v) is 11.9. The fourth-order valence-corrected chi connectivity index (χ4v) is 3.49. The van der Waals surface area contributed by atoms with Crippen molar-refractivity contribution in [2.75, 3.05) is 0 Å². The summed E-state index contributed by atoms with van der Waals surface area (Å²) in [4.78, 5) is 0. The monoisotopic (exact) mass is 254 g/mol. The number of aromatic nitrogens is 2. The van der Waals surface area contributed by atoms with Crippen LogP contribution < -0.4 is 0 Å². The molecule has 1 heterocycles. The number of alkyl halides is 1. The molecule has 1 aliphatic carbocycles. The second kappa shape index (κ2) is 5.43. The van der Waals surface area contributed by atoms with E-state index < -0.39 is 0 Å².